The van der Waals surface area contributed by atoms with Gasteiger partial charge in [0.1, 0.15) is 5.75 Å². The van der Waals surface area contributed by atoms with Gasteiger partial charge in [0, 0.05) is 29.7 Å². The van der Waals surface area contributed by atoms with Gasteiger partial charge in [0.15, 0.2) is 0 Å². The molecule has 0 unspecified atom stereocenters. The molecule has 0 bridgehead atoms. The Kier molecular flexibility index (Phi) is 2.33. The van der Waals surface area contributed by atoms with Gasteiger partial charge < -0.3 is 14.5 Å². The highest BCUT2D eigenvalue weighted by Crippen LogP contribution is 2.24. The summed E-state index contributed by atoms with van der Waals surface area (Å²) in [7, 11) is 3.58. The van der Waals surface area contributed by atoms with E-state index in [-0.39, 0.29) is 0 Å². The number of methoxy groups -OCH3 is 1. The monoisotopic (exact) mass is 204 g/mol. The minimum absolute atomic E-state index is 0.793. The van der Waals surface area contributed by atoms with E-state index < -0.39 is 0 Å². The van der Waals surface area contributed by atoms with Crippen LogP contribution in [-0.4, -0.2) is 23.1 Å². The van der Waals surface area contributed by atoms with Gasteiger partial charge in [-0.3, -0.25) is 0 Å². The number of hydrogen-bond donors (Lipinski definition) is 1. The molecule has 78 valence electrons. The first-order valence-corrected chi connectivity index (χ1v) is 4.56. The van der Waals surface area contributed by atoms with Crippen LogP contribution in [0.25, 0.3) is 10.9 Å². The average Bonchev–Trinajstić information content (AvgIpc) is 2.56. The molecule has 1 aromatic carbocycles. The lowest BCUT2D eigenvalue weighted by molar-refractivity contribution is 0.322. The molecule has 2 aromatic rings. The van der Waals surface area contributed by atoms with Crippen molar-refractivity contribution in [2.45, 2.75) is 0 Å². The Bertz CT molecular complexity index is 515. The Morgan fingerprint density at radius 3 is 2.93 bits per heavy atom. The summed E-state index contributed by atoms with van der Waals surface area (Å²) in [5, 5.41) is 12.6. The van der Waals surface area contributed by atoms with Gasteiger partial charge in [0.05, 0.1) is 13.3 Å². The van der Waals surface area contributed by atoms with Crippen molar-refractivity contribution in [1.29, 1.82) is 0 Å². The summed E-state index contributed by atoms with van der Waals surface area (Å²) in [6.07, 6.45) is 3.32. The Morgan fingerprint density at radius 2 is 2.27 bits per heavy atom. The number of aromatic nitrogens is 1. The average molecular weight is 204 g/mol. The molecule has 0 radical (unpaired) electrons. The van der Waals surface area contributed by atoms with E-state index >= 15 is 0 Å². The maximum atomic E-state index is 8.54. The molecule has 1 N–H and O–H groups in total. The first-order chi connectivity index (χ1) is 7.26. The molecule has 0 amide bonds. The van der Waals surface area contributed by atoms with E-state index in [0.29, 0.717) is 0 Å². The fraction of sp³-hybridized carbons (Fsp3) is 0.182. The summed E-state index contributed by atoms with van der Waals surface area (Å²) in [6.45, 7) is 0. The molecule has 2 rings (SSSR count). The highest BCUT2D eigenvalue weighted by Gasteiger charge is 2.05. The maximum Gasteiger partial charge on any atom is 0.119 e. The first-order valence-electron chi connectivity index (χ1n) is 4.56. The molecular formula is C11H12N2O2. The lowest BCUT2D eigenvalue weighted by atomic mass is 10.2. The second-order valence-corrected chi connectivity index (χ2v) is 3.32. The molecule has 4 nitrogen and oxygen atoms in total. The van der Waals surface area contributed by atoms with Crippen LogP contribution in [0.2, 0.25) is 0 Å². The van der Waals surface area contributed by atoms with Crippen LogP contribution < -0.4 is 4.74 Å². The number of aryl methyl sites for hydroxylation is 1. The van der Waals surface area contributed by atoms with E-state index in [4.69, 9.17) is 9.94 Å². The van der Waals surface area contributed by atoms with Crippen molar-refractivity contribution >= 4 is 17.1 Å². The zero-order valence-electron chi connectivity index (χ0n) is 8.64. The molecule has 0 spiro atoms. The lowest BCUT2D eigenvalue weighted by Gasteiger charge is -2.00. The number of rotatable bonds is 2. The minimum atomic E-state index is 0.793. The normalized spacial score (nSPS) is 11.3. The van der Waals surface area contributed by atoms with Crippen LogP contribution in [0.15, 0.2) is 29.6 Å². The molecule has 0 saturated carbocycles. The molecule has 0 aliphatic heterocycles. The van der Waals surface area contributed by atoms with Gasteiger partial charge >= 0.3 is 0 Å². The molecular weight excluding hydrogens is 192 g/mol. The molecule has 4 heteroatoms. The molecule has 1 aromatic heterocycles. The molecule has 0 saturated heterocycles. The zero-order valence-corrected chi connectivity index (χ0v) is 8.64. The molecule has 0 aliphatic rings. The van der Waals surface area contributed by atoms with Crippen molar-refractivity contribution in [2.24, 2.45) is 12.2 Å². The van der Waals surface area contributed by atoms with Crippen molar-refractivity contribution in [3.8, 4) is 5.75 Å². The van der Waals surface area contributed by atoms with Crippen LogP contribution in [0.5, 0.6) is 5.75 Å². The van der Waals surface area contributed by atoms with E-state index in [1.54, 1.807) is 7.11 Å². The summed E-state index contributed by atoms with van der Waals surface area (Å²) in [5.74, 6) is 0.793. The molecule has 0 fully saturated rings. The van der Waals surface area contributed by atoms with Crippen LogP contribution in [0.4, 0.5) is 0 Å². The molecule has 0 atom stereocenters. The number of nitrogens with zero attached hydrogens (tertiary/aromatic N) is 2. The molecule has 1 heterocycles. The largest absolute Gasteiger partial charge is 0.497 e. The summed E-state index contributed by atoms with van der Waals surface area (Å²) in [5.41, 5.74) is 1.94. The topological polar surface area (TPSA) is 46.8 Å². The number of ether oxygens (including phenoxy) is 1. The SMILES string of the molecule is COc1ccc2c(c1)c(/C=N/O)cn2C. The van der Waals surface area contributed by atoms with Gasteiger partial charge in [0.2, 0.25) is 0 Å². The van der Waals surface area contributed by atoms with E-state index in [9.17, 15) is 0 Å². The molecule has 0 aliphatic carbocycles. The van der Waals surface area contributed by atoms with Crippen molar-refractivity contribution < 1.29 is 9.94 Å². The quantitative estimate of drug-likeness (QED) is 0.462. The Balaban J connectivity index is 2.71. The smallest absolute Gasteiger partial charge is 0.119 e. The van der Waals surface area contributed by atoms with E-state index in [0.717, 1.165) is 22.2 Å². The third-order valence-electron chi connectivity index (χ3n) is 2.42. The number of fused-ring (bicyclic) bond motifs is 1. The Labute approximate surface area is 87.4 Å². The van der Waals surface area contributed by atoms with Crippen molar-refractivity contribution in [3.05, 3.63) is 30.0 Å². The standard InChI is InChI=1S/C11H12N2O2/c1-13-7-8(6-12-14)10-5-9(15-2)3-4-11(10)13/h3-7,14H,1-2H3/b12-6+. The number of benzene rings is 1. The van der Waals surface area contributed by atoms with Gasteiger partial charge in [-0.15, -0.1) is 0 Å². The van der Waals surface area contributed by atoms with Crippen LogP contribution in [0.1, 0.15) is 5.56 Å². The van der Waals surface area contributed by atoms with Gasteiger partial charge in [-0.2, -0.15) is 0 Å². The van der Waals surface area contributed by atoms with Gasteiger partial charge in [-0.1, -0.05) is 5.16 Å². The highest BCUT2D eigenvalue weighted by molar-refractivity contribution is 5.99. The third kappa shape index (κ3) is 1.54. The van der Waals surface area contributed by atoms with E-state index in [1.807, 2.05) is 36.0 Å². The highest BCUT2D eigenvalue weighted by atomic mass is 16.5. The van der Waals surface area contributed by atoms with Crippen LogP contribution in [0.3, 0.4) is 0 Å². The molecule has 15 heavy (non-hydrogen) atoms. The Hall–Kier alpha value is -1.97. The van der Waals surface area contributed by atoms with Gasteiger partial charge in [0.25, 0.3) is 0 Å². The zero-order chi connectivity index (χ0) is 10.8. The third-order valence-corrected chi connectivity index (χ3v) is 2.42. The maximum absolute atomic E-state index is 8.54. The van der Waals surface area contributed by atoms with Crippen molar-refractivity contribution in [3.63, 3.8) is 0 Å². The lowest BCUT2D eigenvalue weighted by Crippen LogP contribution is -1.85. The fourth-order valence-electron chi connectivity index (χ4n) is 1.69. The Morgan fingerprint density at radius 1 is 1.47 bits per heavy atom. The summed E-state index contributed by atoms with van der Waals surface area (Å²) in [4.78, 5) is 0. The van der Waals surface area contributed by atoms with E-state index in [2.05, 4.69) is 5.16 Å². The first kappa shape index (κ1) is 9.58. The van der Waals surface area contributed by atoms with Crippen LogP contribution in [0, 0.1) is 0 Å². The summed E-state index contributed by atoms with van der Waals surface area (Å²) < 4.78 is 7.13. The summed E-state index contributed by atoms with van der Waals surface area (Å²) >= 11 is 0. The van der Waals surface area contributed by atoms with Gasteiger partial charge in [-0.05, 0) is 18.2 Å². The van der Waals surface area contributed by atoms with Crippen molar-refractivity contribution in [1.82, 2.24) is 4.57 Å². The van der Waals surface area contributed by atoms with Gasteiger partial charge in [-0.25, -0.2) is 0 Å². The summed E-state index contributed by atoms with van der Waals surface area (Å²) in [6, 6.07) is 5.80. The number of oxime groups is 1. The van der Waals surface area contributed by atoms with E-state index in [1.165, 1.54) is 6.21 Å². The number of hydrogen-bond acceptors (Lipinski definition) is 3. The van der Waals surface area contributed by atoms with Crippen molar-refractivity contribution in [2.75, 3.05) is 7.11 Å². The van der Waals surface area contributed by atoms with Crippen LogP contribution in [-0.2, 0) is 7.05 Å². The predicted molar refractivity (Wildman–Crippen MR) is 58.9 cm³/mol. The second kappa shape index (κ2) is 3.65. The minimum Gasteiger partial charge on any atom is -0.497 e. The second-order valence-electron chi connectivity index (χ2n) is 3.32. The van der Waals surface area contributed by atoms with Crippen LogP contribution >= 0.6 is 0 Å². The fourth-order valence-corrected chi connectivity index (χ4v) is 1.69. The predicted octanol–water partition coefficient (Wildman–Crippen LogP) is 1.99.